The van der Waals surface area contributed by atoms with Gasteiger partial charge >= 0.3 is 0 Å². The Morgan fingerprint density at radius 2 is 1.69 bits per heavy atom. The number of halogens is 2. The van der Waals surface area contributed by atoms with Crippen LogP contribution < -0.4 is 14.5 Å². The minimum Gasteiger partial charge on any atom is -0.494 e. The molecule has 2 saturated heterocycles. The van der Waals surface area contributed by atoms with Crippen LogP contribution in [0.25, 0.3) is 6.08 Å². The Labute approximate surface area is 240 Å². The zero-order valence-electron chi connectivity index (χ0n) is 21.2. The molecule has 0 radical (unpaired) electrons. The number of carbonyl (C=O) groups is 3. The molecule has 2 amide bonds. The number of hydrogen-bond acceptors (Lipinski definition) is 5. The maximum Gasteiger partial charge on any atom is 0.240 e. The number of Topliss-reactive ketones (excluding diaryl/α,β-unsaturated/α-hetero) is 1. The van der Waals surface area contributed by atoms with E-state index in [2.05, 4.69) is 22.9 Å². The molecule has 0 unspecified atom stereocenters. The van der Waals surface area contributed by atoms with Gasteiger partial charge in [-0.1, -0.05) is 71.2 Å². The van der Waals surface area contributed by atoms with Crippen molar-refractivity contribution < 1.29 is 19.1 Å². The summed E-state index contributed by atoms with van der Waals surface area (Å²) in [5.41, 5.74) is 2.60. The van der Waals surface area contributed by atoms with Crippen LogP contribution in [-0.4, -0.2) is 36.3 Å². The molecular formula is C31H26BrClN2O4. The Balaban J connectivity index is 1.40. The highest BCUT2D eigenvalue weighted by atomic mass is 79.9. The number of fused-ring (bicyclic) bond motifs is 5. The Morgan fingerprint density at radius 1 is 0.974 bits per heavy atom. The first-order valence-corrected chi connectivity index (χ1v) is 14.2. The van der Waals surface area contributed by atoms with E-state index in [9.17, 15) is 14.4 Å². The first kappa shape index (κ1) is 25.8. The number of ketones is 1. The largest absolute Gasteiger partial charge is 0.494 e. The SMILES string of the molecule is CCCCOc1ccc(N2C(=O)[C@@H]3[C@@H](C2=O)[C@@H]2C=Cc4ccc(Cl)cc4N2[C@@H]3C(=O)c2ccc(Br)cc2)cc1. The summed E-state index contributed by atoms with van der Waals surface area (Å²) in [5.74, 6) is -1.74. The standard InChI is InChI=1S/C31H26BrClN2O4/c1-2-3-16-39-23-13-11-22(12-14-23)34-30(37)26-24-15-7-18-6-10-21(33)17-25(18)35(24)28(27(26)31(34)38)29(36)19-4-8-20(32)9-5-19/h4-15,17,24,26-28H,2-3,16H2,1H3/t24-,26-,27+,28-/m0/s1. The third-order valence-electron chi connectivity index (χ3n) is 7.73. The van der Waals surface area contributed by atoms with Gasteiger partial charge in [-0.05, 0) is 60.5 Å². The lowest BCUT2D eigenvalue weighted by molar-refractivity contribution is -0.122. The number of anilines is 2. The number of nitrogens with zero attached hydrogens (tertiary/aromatic N) is 2. The molecule has 39 heavy (non-hydrogen) atoms. The Kier molecular flexibility index (Phi) is 6.81. The van der Waals surface area contributed by atoms with Crippen molar-refractivity contribution in [1.82, 2.24) is 0 Å². The van der Waals surface area contributed by atoms with Gasteiger partial charge in [-0.25, -0.2) is 4.90 Å². The fourth-order valence-corrected chi connectivity index (χ4v) is 6.33. The van der Waals surface area contributed by atoms with E-state index in [0.29, 0.717) is 28.6 Å². The van der Waals surface area contributed by atoms with Gasteiger partial charge in [-0.15, -0.1) is 0 Å². The van der Waals surface area contributed by atoms with E-state index >= 15 is 0 Å². The highest BCUT2D eigenvalue weighted by molar-refractivity contribution is 9.10. The van der Waals surface area contributed by atoms with E-state index in [1.807, 2.05) is 23.1 Å². The molecule has 0 saturated carbocycles. The van der Waals surface area contributed by atoms with Crippen LogP contribution >= 0.6 is 27.5 Å². The van der Waals surface area contributed by atoms with Gasteiger partial charge in [0.2, 0.25) is 11.8 Å². The molecule has 8 heteroatoms. The van der Waals surface area contributed by atoms with Crippen molar-refractivity contribution in [3.63, 3.8) is 0 Å². The number of carbonyl (C=O) groups excluding carboxylic acids is 3. The molecule has 0 aliphatic carbocycles. The van der Waals surface area contributed by atoms with Crippen LogP contribution in [0.1, 0.15) is 35.7 Å². The van der Waals surface area contributed by atoms with Crippen LogP contribution in [0.3, 0.4) is 0 Å². The molecule has 198 valence electrons. The minimum absolute atomic E-state index is 0.205. The van der Waals surface area contributed by atoms with Gasteiger partial charge in [0.25, 0.3) is 0 Å². The lowest BCUT2D eigenvalue weighted by atomic mass is 9.86. The van der Waals surface area contributed by atoms with E-state index < -0.39 is 23.9 Å². The van der Waals surface area contributed by atoms with Gasteiger partial charge < -0.3 is 9.64 Å². The summed E-state index contributed by atoms with van der Waals surface area (Å²) in [7, 11) is 0. The summed E-state index contributed by atoms with van der Waals surface area (Å²) in [5, 5.41) is 0.523. The van der Waals surface area contributed by atoms with Crippen molar-refractivity contribution in [3.05, 3.63) is 93.4 Å². The van der Waals surface area contributed by atoms with Crippen LogP contribution in [0.15, 0.2) is 77.3 Å². The molecule has 3 aromatic rings. The molecule has 0 spiro atoms. The predicted octanol–water partition coefficient (Wildman–Crippen LogP) is 6.55. The molecule has 0 N–H and O–H groups in total. The van der Waals surface area contributed by atoms with Crippen LogP contribution in [0.4, 0.5) is 11.4 Å². The van der Waals surface area contributed by atoms with Crippen molar-refractivity contribution in [2.45, 2.75) is 31.8 Å². The average Bonchev–Trinajstić information content (AvgIpc) is 3.42. The second-order valence-corrected chi connectivity index (χ2v) is 11.4. The quantitative estimate of drug-likeness (QED) is 0.174. The zero-order chi connectivity index (χ0) is 27.3. The van der Waals surface area contributed by atoms with E-state index in [0.717, 1.165) is 28.6 Å². The number of amides is 2. The van der Waals surface area contributed by atoms with Gasteiger partial charge in [0.05, 0.1) is 30.2 Å². The average molecular weight is 606 g/mol. The smallest absolute Gasteiger partial charge is 0.240 e. The lowest BCUT2D eigenvalue weighted by Gasteiger charge is -2.36. The van der Waals surface area contributed by atoms with E-state index in [1.54, 1.807) is 60.7 Å². The molecule has 0 aromatic heterocycles. The second kappa shape index (κ2) is 10.3. The van der Waals surface area contributed by atoms with Crippen LogP contribution in [0, 0.1) is 11.8 Å². The molecule has 3 aromatic carbocycles. The normalized spacial score (nSPS) is 23.1. The van der Waals surface area contributed by atoms with E-state index in [4.69, 9.17) is 16.3 Å². The first-order chi connectivity index (χ1) is 18.9. The summed E-state index contributed by atoms with van der Waals surface area (Å²) in [6.45, 7) is 2.70. The van der Waals surface area contributed by atoms with Crippen LogP contribution in [0.5, 0.6) is 5.75 Å². The molecule has 3 aliphatic heterocycles. The second-order valence-electron chi connectivity index (χ2n) is 10.0. The summed E-state index contributed by atoms with van der Waals surface area (Å²) in [4.78, 5) is 45.3. The highest BCUT2D eigenvalue weighted by Gasteiger charge is 2.64. The van der Waals surface area contributed by atoms with Crippen molar-refractivity contribution in [2.75, 3.05) is 16.4 Å². The minimum atomic E-state index is -0.860. The monoisotopic (exact) mass is 604 g/mol. The molecule has 3 aliphatic rings. The maximum absolute atomic E-state index is 14.1. The molecule has 0 bridgehead atoms. The summed E-state index contributed by atoms with van der Waals surface area (Å²) < 4.78 is 6.60. The van der Waals surface area contributed by atoms with Crippen molar-refractivity contribution in [2.24, 2.45) is 11.8 Å². The Bertz CT molecular complexity index is 1490. The van der Waals surface area contributed by atoms with Crippen LogP contribution in [0.2, 0.25) is 5.02 Å². The van der Waals surface area contributed by atoms with Crippen molar-refractivity contribution in [3.8, 4) is 5.75 Å². The lowest BCUT2D eigenvalue weighted by Crippen LogP contribution is -2.48. The van der Waals surface area contributed by atoms with E-state index in [-0.39, 0.29) is 17.6 Å². The number of imide groups is 1. The Hall–Kier alpha value is -3.42. The molecule has 2 fully saturated rings. The Morgan fingerprint density at radius 3 is 2.41 bits per heavy atom. The summed E-state index contributed by atoms with van der Waals surface area (Å²) in [6.07, 6.45) is 5.85. The number of unbranched alkanes of at least 4 members (excludes halogenated alkanes) is 1. The van der Waals surface area contributed by atoms with Gasteiger partial charge in [0.1, 0.15) is 11.8 Å². The maximum atomic E-state index is 14.1. The predicted molar refractivity (Wildman–Crippen MR) is 155 cm³/mol. The summed E-state index contributed by atoms with van der Waals surface area (Å²) in [6, 6.07) is 18.3. The number of benzene rings is 3. The number of hydrogen-bond donors (Lipinski definition) is 0. The van der Waals surface area contributed by atoms with E-state index in [1.165, 1.54) is 4.90 Å². The van der Waals surface area contributed by atoms with Gasteiger partial charge in [0, 0.05) is 20.7 Å². The summed E-state index contributed by atoms with van der Waals surface area (Å²) >= 11 is 9.79. The molecule has 6 nitrogen and oxygen atoms in total. The number of rotatable bonds is 7. The van der Waals surface area contributed by atoms with Gasteiger partial charge in [-0.2, -0.15) is 0 Å². The van der Waals surface area contributed by atoms with Crippen molar-refractivity contribution in [1.29, 1.82) is 0 Å². The first-order valence-electron chi connectivity index (χ1n) is 13.1. The fourth-order valence-electron chi connectivity index (χ4n) is 5.90. The molecule has 4 atom stereocenters. The molecular weight excluding hydrogens is 580 g/mol. The van der Waals surface area contributed by atoms with Gasteiger partial charge in [-0.3, -0.25) is 14.4 Å². The van der Waals surface area contributed by atoms with Gasteiger partial charge in [0.15, 0.2) is 5.78 Å². The molecule has 3 heterocycles. The van der Waals surface area contributed by atoms with Crippen molar-refractivity contribution >= 4 is 62.6 Å². The fraction of sp³-hybridized carbons (Fsp3) is 0.258. The van der Waals surface area contributed by atoms with Crippen LogP contribution in [-0.2, 0) is 9.59 Å². The highest BCUT2D eigenvalue weighted by Crippen LogP contribution is 2.50. The zero-order valence-corrected chi connectivity index (χ0v) is 23.6. The third-order valence-corrected chi connectivity index (χ3v) is 8.49. The molecule has 6 rings (SSSR count). The topological polar surface area (TPSA) is 66.9 Å². The number of ether oxygens (including phenoxy) is 1. The third kappa shape index (κ3) is 4.38.